The predicted molar refractivity (Wildman–Crippen MR) is 58.0 cm³/mol. The Morgan fingerprint density at radius 1 is 1.33 bits per heavy atom. The molecule has 0 bridgehead atoms. The first-order valence-corrected chi connectivity index (χ1v) is 4.83. The van der Waals surface area contributed by atoms with E-state index >= 15 is 0 Å². The highest BCUT2D eigenvalue weighted by Crippen LogP contribution is 2.20. The van der Waals surface area contributed by atoms with Gasteiger partial charge in [-0.25, -0.2) is 4.68 Å². The average Bonchev–Trinajstić information content (AvgIpc) is 2.63. The van der Waals surface area contributed by atoms with E-state index in [-0.39, 0.29) is 0 Å². The quantitative estimate of drug-likeness (QED) is 0.740. The summed E-state index contributed by atoms with van der Waals surface area (Å²) < 4.78 is 1.63. The lowest BCUT2D eigenvalue weighted by atomic mass is 10.1. The second-order valence-electron chi connectivity index (χ2n) is 3.44. The van der Waals surface area contributed by atoms with Crippen LogP contribution in [-0.2, 0) is 13.5 Å². The summed E-state index contributed by atoms with van der Waals surface area (Å²) in [5.74, 6) is 0.733. The minimum atomic E-state index is 0.733. The van der Waals surface area contributed by atoms with E-state index in [0.29, 0.717) is 0 Å². The van der Waals surface area contributed by atoms with Crippen LogP contribution in [-0.4, -0.2) is 20.2 Å². The Morgan fingerprint density at radius 3 is 2.73 bits per heavy atom. The number of anilines is 1. The van der Waals surface area contributed by atoms with Crippen molar-refractivity contribution in [3.63, 3.8) is 0 Å². The molecule has 0 spiro atoms. The van der Waals surface area contributed by atoms with Crippen LogP contribution in [0.1, 0.15) is 12.5 Å². The minimum Gasteiger partial charge on any atom is -0.399 e. The topological polar surface area (TPSA) is 69.6 Å². The van der Waals surface area contributed by atoms with Crippen molar-refractivity contribution in [2.45, 2.75) is 13.3 Å². The van der Waals surface area contributed by atoms with Crippen molar-refractivity contribution in [1.82, 2.24) is 20.2 Å². The number of hydrogen-bond donors (Lipinski definition) is 1. The van der Waals surface area contributed by atoms with Crippen molar-refractivity contribution in [2.24, 2.45) is 7.05 Å². The third-order valence-corrected chi connectivity index (χ3v) is 2.30. The highest BCUT2D eigenvalue weighted by molar-refractivity contribution is 5.62. The number of nitrogen functional groups attached to an aromatic ring is 1. The van der Waals surface area contributed by atoms with E-state index in [1.54, 1.807) is 4.68 Å². The fourth-order valence-corrected chi connectivity index (χ4v) is 1.53. The van der Waals surface area contributed by atoms with E-state index in [2.05, 4.69) is 28.5 Å². The number of aromatic nitrogens is 4. The van der Waals surface area contributed by atoms with Gasteiger partial charge in [-0.15, -0.1) is 5.10 Å². The fourth-order valence-electron chi connectivity index (χ4n) is 1.53. The van der Waals surface area contributed by atoms with Gasteiger partial charge in [0.2, 0.25) is 0 Å². The highest BCUT2D eigenvalue weighted by Gasteiger charge is 2.07. The Balaban J connectivity index is 2.53. The molecule has 78 valence electrons. The summed E-state index contributed by atoms with van der Waals surface area (Å²) in [5.41, 5.74) is 8.70. The van der Waals surface area contributed by atoms with Crippen LogP contribution in [0.2, 0.25) is 0 Å². The van der Waals surface area contributed by atoms with E-state index in [9.17, 15) is 0 Å². The van der Waals surface area contributed by atoms with E-state index in [0.717, 1.165) is 23.5 Å². The van der Waals surface area contributed by atoms with Crippen LogP contribution in [0.5, 0.6) is 0 Å². The first kappa shape index (κ1) is 9.64. The van der Waals surface area contributed by atoms with Crippen molar-refractivity contribution in [3.8, 4) is 11.4 Å². The van der Waals surface area contributed by atoms with Crippen LogP contribution in [0.3, 0.4) is 0 Å². The van der Waals surface area contributed by atoms with E-state index in [1.807, 2.05) is 19.2 Å². The highest BCUT2D eigenvalue weighted by atomic mass is 15.5. The summed E-state index contributed by atoms with van der Waals surface area (Å²) >= 11 is 0. The number of nitrogens with two attached hydrogens (primary N) is 1. The Morgan fingerprint density at radius 2 is 2.13 bits per heavy atom. The first-order valence-electron chi connectivity index (χ1n) is 4.83. The lowest BCUT2D eigenvalue weighted by molar-refractivity contribution is 0.714. The number of tetrazole rings is 1. The molecule has 0 unspecified atom stereocenters. The van der Waals surface area contributed by atoms with Gasteiger partial charge in [0.05, 0.1) is 0 Å². The molecule has 2 rings (SSSR count). The van der Waals surface area contributed by atoms with Crippen LogP contribution in [0.15, 0.2) is 18.2 Å². The zero-order chi connectivity index (χ0) is 10.8. The van der Waals surface area contributed by atoms with Gasteiger partial charge in [0.15, 0.2) is 5.82 Å². The summed E-state index contributed by atoms with van der Waals surface area (Å²) in [6.07, 6.45) is 0.948. The largest absolute Gasteiger partial charge is 0.399 e. The maximum absolute atomic E-state index is 5.81. The summed E-state index contributed by atoms with van der Waals surface area (Å²) in [6.45, 7) is 2.09. The van der Waals surface area contributed by atoms with Crippen LogP contribution < -0.4 is 5.73 Å². The molecular weight excluding hydrogens is 190 g/mol. The summed E-state index contributed by atoms with van der Waals surface area (Å²) in [6, 6.07) is 5.90. The maximum Gasteiger partial charge on any atom is 0.181 e. The molecule has 1 aromatic carbocycles. The van der Waals surface area contributed by atoms with Gasteiger partial charge in [-0.2, -0.15) is 0 Å². The molecule has 1 aromatic heterocycles. The normalized spacial score (nSPS) is 10.5. The van der Waals surface area contributed by atoms with Gasteiger partial charge in [-0.3, -0.25) is 0 Å². The van der Waals surface area contributed by atoms with E-state index in [1.165, 1.54) is 5.56 Å². The second kappa shape index (κ2) is 3.68. The summed E-state index contributed by atoms with van der Waals surface area (Å²) in [7, 11) is 1.81. The van der Waals surface area contributed by atoms with Gasteiger partial charge in [0, 0.05) is 18.3 Å². The molecule has 0 fully saturated rings. The monoisotopic (exact) mass is 203 g/mol. The predicted octanol–water partition coefficient (Wildman–Crippen LogP) is 1.02. The van der Waals surface area contributed by atoms with Crippen molar-refractivity contribution in [3.05, 3.63) is 23.8 Å². The molecule has 0 amide bonds. The first-order chi connectivity index (χ1) is 7.20. The number of nitrogens with zero attached hydrogens (tertiary/aromatic N) is 4. The Labute approximate surface area is 87.9 Å². The van der Waals surface area contributed by atoms with Crippen LogP contribution >= 0.6 is 0 Å². The smallest absolute Gasteiger partial charge is 0.181 e. The zero-order valence-electron chi connectivity index (χ0n) is 8.81. The van der Waals surface area contributed by atoms with Crippen molar-refractivity contribution in [2.75, 3.05) is 5.73 Å². The number of aryl methyl sites for hydroxylation is 2. The van der Waals surface area contributed by atoms with Crippen LogP contribution in [0.4, 0.5) is 5.69 Å². The standard InChI is InChI=1S/C10H13N5/c1-3-7-4-8(6-9(11)5-7)10-12-13-14-15(10)2/h4-6H,3,11H2,1-2H3. The van der Waals surface area contributed by atoms with Crippen LogP contribution in [0.25, 0.3) is 11.4 Å². The third-order valence-electron chi connectivity index (χ3n) is 2.30. The van der Waals surface area contributed by atoms with Gasteiger partial charge in [-0.05, 0) is 40.6 Å². The Kier molecular flexibility index (Phi) is 2.37. The van der Waals surface area contributed by atoms with E-state index < -0.39 is 0 Å². The maximum atomic E-state index is 5.81. The Hall–Kier alpha value is -1.91. The third kappa shape index (κ3) is 1.81. The van der Waals surface area contributed by atoms with E-state index in [4.69, 9.17) is 5.73 Å². The molecule has 15 heavy (non-hydrogen) atoms. The van der Waals surface area contributed by atoms with Gasteiger partial charge >= 0.3 is 0 Å². The summed E-state index contributed by atoms with van der Waals surface area (Å²) in [5, 5.41) is 11.3. The van der Waals surface area contributed by atoms with Gasteiger partial charge in [-0.1, -0.05) is 6.92 Å². The molecule has 0 atom stereocenters. The molecule has 0 aliphatic carbocycles. The average molecular weight is 203 g/mol. The van der Waals surface area contributed by atoms with Gasteiger partial charge in [0.1, 0.15) is 0 Å². The molecule has 0 saturated carbocycles. The molecule has 2 aromatic rings. The molecule has 0 saturated heterocycles. The number of benzene rings is 1. The molecule has 0 aliphatic rings. The number of hydrogen-bond acceptors (Lipinski definition) is 4. The zero-order valence-corrected chi connectivity index (χ0v) is 8.81. The molecule has 5 heteroatoms. The molecule has 5 nitrogen and oxygen atoms in total. The second-order valence-corrected chi connectivity index (χ2v) is 3.44. The Bertz CT molecular complexity index is 474. The SMILES string of the molecule is CCc1cc(N)cc(-c2nnnn2C)c1. The van der Waals surface area contributed by atoms with Crippen LogP contribution in [0, 0.1) is 0 Å². The minimum absolute atomic E-state index is 0.733. The van der Waals surface area contributed by atoms with Gasteiger partial charge < -0.3 is 5.73 Å². The molecular formula is C10H13N5. The lowest BCUT2D eigenvalue weighted by Crippen LogP contribution is -1.97. The lowest BCUT2D eigenvalue weighted by Gasteiger charge is -2.04. The molecule has 0 radical (unpaired) electrons. The fraction of sp³-hybridized carbons (Fsp3) is 0.300. The molecule has 1 heterocycles. The van der Waals surface area contributed by atoms with Crippen molar-refractivity contribution >= 4 is 5.69 Å². The number of rotatable bonds is 2. The van der Waals surface area contributed by atoms with Gasteiger partial charge in [0.25, 0.3) is 0 Å². The van der Waals surface area contributed by atoms with Crippen molar-refractivity contribution < 1.29 is 0 Å². The molecule has 2 N–H and O–H groups in total. The molecule has 0 aliphatic heterocycles. The van der Waals surface area contributed by atoms with Crippen molar-refractivity contribution in [1.29, 1.82) is 0 Å². The summed E-state index contributed by atoms with van der Waals surface area (Å²) in [4.78, 5) is 0.